The predicted molar refractivity (Wildman–Crippen MR) is 97.5 cm³/mol. The fraction of sp³-hybridized carbons (Fsp3) is 0.700. The summed E-state index contributed by atoms with van der Waals surface area (Å²) in [6.45, 7) is 15.7. The standard InChI is InChI=1S/C20H33NO3/c1-19(2,3)15-10-14(18(22)16(11-15)20(4,5)6)12-21(7)13-17-23-8-9-24-17/h10-11,17,22H,8-9,12-13H2,1-7H3. The maximum absolute atomic E-state index is 10.8. The van der Waals surface area contributed by atoms with Crippen molar-refractivity contribution in [2.75, 3.05) is 26.8 Å². The summed E-state index contributed by atoms with van der Waals surface area (Å²) in [7, 11) is 2.03. The number of phenols is 1. The number of hydrogen-bond donors (Lipinski definition) is 1. The molecule has 24 heavy (non-hydrogen) atoms. The number of ether oxygens (including phenoxy) is 2. The molecule has 0 aromatic heterocycles. The van der Waals surface area contributed by atoms with E-state index >= 15 is 0 Å². The molecule has 0 bridgehead atoms. The van der Waals surface area contributed by atoms with Gasteiger partial charge in [-0.3, -0.25) is 4.90 Å². The molecule has 0 unspecified atom stereocenters. The Labute approximate surface area is 146 Å². The van der Waals surface area contributed by atoms with Crippen LogP contribution in [0.2, 0.25) is 0 Å². The summed E-state index contributed by atoms with van der Waals surface area (Å²) in [4.78, 5) is 2.14. The number of benzene rings is 1. The van der Waals surface area contributed by atoms with Crippen molar-refractivity contribution in [3.05, 3.63) is 28.8 Å². The SMILES string of the molecule is CN(Cc1cc(C(C)(C)C)cc(C(C)(C)C)c1O)CC1OCCO1. The minimum atomic E-state index is -0.162. The molecule has 1 fully saturated rings. The third-order valence-electron chi connectivity index (χ3n) is 4.45. The van der Waals surface area contributed by atoms with E-state index in [4.69, 9.17) is 9.47 Å². The van der Waals surface area contributed by atoms with E-state index < -0.39 is 0 Å². The number of nitrogens with zero attached hydrogens (tertiary/aromatic N) is 1. The minimum absolute atomic E-state index is 0.0404. The zero-order chi connectivity index (χ0) is 18.1. The molecule has 0 amide bonds. The first kappa shape index (κ1) is 19.2. The average molecular weight is 335 g/mol. The number of rotatable bonds is 4. The van der Waals surface area contributed by atoms with Crippen LogP contribution in [-0.4, -0.2) is 43.1 Å². The molecular formula is C20H33NO3. The molecule has 0 aliphatic carbocycles. The first-order chi connectivity index (χ1) is 11.0. The van der Waals surface area contributed by atoms with Gasteiger partial charge >= 0.3 is 0 Å². The Morgan fingerprint density at radius 2 is 1.62 bits per heavy atom. The Bertz CT molecular complexity index is 563. The largest absolute Gasteiger partial charge is 0.507 e. The third kappa shape index (κ3) is 4.71. The number of phenolic OH excluding ortho intramolecular Hbond substituents is 1. The fourth-order valence-electron chi connectivity index (χ4n) is 2.94. The molecule has 1 aliphatic rings. The molecular weight excluding hydrogens is 302 g/mol. The second-order valence-electron chi connectivity index (χ2n) is 8.90. The maximum Gasteiger partial charge on any atom is 0.170 e. The molecule has 2 rings (SSSR count). The van der Waals surface area contributed by atoms with Crippen LogP contribution in [0.3, 0.4) is 0 Å². The normalized spacial score (nSPS) is 17.0. The summed E-state index contributed by atoms with van der Waals surface area (Å²) >= 11 is 0. The van der Waals surface area contributed by atoms with E-state index in [1.165, 1.54) is 5.56 Å². The van der Waals surface area contributed by atoms with E-state index in [0.717, 1.165) is 11.1 Å². The highest BCUT2D eigenvalue weighted by Gasteiger charge is 2.26. The second-order valence-corrected chi connectivity index (χ2v) is 8.90. The Morgan fingerprint density at radius 3 is 2.12 bits per heavy atom. The molecule has 136 valence electrons. The minimum Gasteiger partial charge on any atom is -0.507 e. The van der Waals surface area contributed by atoms with Gasteiger partial charge in [-0.05, 0) is 29.0 Å². The van der Waals surface area contributed by atoms with Gasteiger partial charge in [-0.2, -0.15) is 0 Å². The topological polar surface area (TPSA) is 41.9 Å². The summed E-state index contributed by atoms with van der Waals surface area (Å²) in [6, 6.07) is 4.29. The predicted octanol–water partition coefficient (Wildman–Crippen LogP) is 3.79. The second kappa shape index (κ2) is 7.03. The van der Waals surface area contributed by atoms with Crippen LogP contribution in [0.4, 0.5) is 0 Å². The maximum atomic E-state index is 10.8. The lowest BCUT2D eigenvalue weighted by Crippen LogP contribution is -2.29. The van der Waals surface area contributed by atoms with Crippen molar-refractivity contribution in [2.24, 2.45) is 0 Å². The highest BCUT2D eigenvalue weighted by atomic mass is 16.7. The number of likely N-dealkylation sites (N-methyl/N-ethyl adjacent to an activating group) is 1. The summed E-state index contributed by atoms with van der Waals surface area (Å²) in [5.74, 6) is 0.413. The number of hydrogen-bond acceptors (Lipinski definition) is 4. The van der Waals surface area contributed by atoms with Crippen LogP contribution in [0.1, 0.15) is 58.2 Å². The number of aromatic hydroxyl groups is 1. The van der Waals surface area contributed by atoms with E-state index in [-0.39, 0.29) is 17.1 Å². The van der Waals surface area contributed by atoms with Crippen molar-refractivity contribution in [3.8, 4) is 5.75 Å². The fourth-order valence-corrected chi connectivity index (χ4v) is 2.94. The lowest BCUT2D eigenvalue weighted by molar-refractivity contribution is -0.0593. The molecule has 1 aromatic carbocycles. The Kier molecular flexibility index (Phi) is 5.63. The van der Waals surface area contributed by atoms with Crippen LogP contribution in [0.25, 0.3) is 0 Å². The van der Waals surface area contributed by atoms with Gasteiger partial charge in [-0.25, -0.2) is 0 Å². The van der Waals surface area contributed by atoms with Gasteiger partial charge < -0.3 is 14.6 Å². The van der Waals surface area contributed by atoms with Gasteiger partial charge in [0.2, 0.25) is 0 Å². The van der Waals surface area contributed by atoms with E-state index in [9.17, 15) is 5.11 Å². The summed E-state index contributed by atoms with van der Waals surface area (Å²) < 4.78 is 11.0. The zero-order valence-corrected chi connectivity index (χ0v) is 16.3. The van der Waals surface area contributed by atoms with Gasteiger partial charge in [0.25, 0.3) is 0 Å². The van der Waals surface area contributed by atoms with Gasteiger partial charge in [-0.1, -0.05) is 53.7 Å². The molecule has 4 heteroatoms. The quantitative estimate of drug-likeness (QED) is 0.909. The molecule has 1 N–H and O–H groups in total. The van der Waals surface area contributed by atoms with Gasteiger partial charge in [0.1, 0.15) is 5.75 Å². The Morgan fingerprint density at radius 1 is 1.04 bits per heavy atom. The van der Waals surface area contributed by atoms with Crippen molar-refractivity contribution in [1.29, 1.82) is 0 Å². The van der Waals surface area contributed by atoms with Crippen LogP contribution >= 0.6 is 0 Å². The van der Waals surface area contributed by atoms with Crippen molar-refractivity contribution in [3.63, 3.8) is 0 Å². The lowest BCUT2D eigenvalue weighted by atomic mass is 9.79. The van der Waals surface area contributed by atoms with Crippen LogP contribution in [-0.2, 0) is 26.8 Å². The molecule has 1 heterocycles. The van der Waals surface area contributed by atoms with Gasteiger partial charge in [0.15, 0.2) is 6.29 Å². The van der Waals surface area contributed by atoms with Crippen molar-refractivity contribution >= 4 is 0 Å². The van der Waals surface area contributed by atoms with Crippen LogP contribution in [0, 0.1) is 0 Å². The highest BCUT2D eigenvalue weighted by Crippen LogP contribution is 2.38. The van der Waals surface area contributed by atoms with Crippen LogP contribution < -0.4 is 0 Å². The van der Waals surface area contributed by atoms with Gasteiger partial charge in [0.05, 0.1) is 13.2 Å². The summed E-state index contributed by atoms with van der Waals surface area (Å²) in [5.41, 5.74) is 3.16. The van der Waals surface area contributed by atoms with E-state index in [0.29, 0.717) is 32.1 Å². The van der Waals surface area contributed by atoms with Crippen molar-refractivity contribution in [1.82, 2.24) is 4.90 Å². The highest BCUT2D eigenvalue weighted by molar-refractivity contribution is 5.48. The van der Waals surface area contributed by atoms with Crippen molar-refractivity contribution in [2.45, 2.75) is 65.2 Å². The molecule has 0 atom stereocenters. The summed E-state index contributed by atoms with van der Waals surface area (Å²) in [5, 5.41) is 10.8. The molecule has 0 saturated carbocycles. The smallest absolute Gasteiger partial charge is 0.170 e. The first-order valence-corrected chi connectivity index (χ1v) is 8.77. The summed E-state index contributed by atoms with van der Waals surface area (Å²) in [6.07, 6.45) is -0.162. The molecule has 1 aromatic rings. The Hall–Kier alpha value is -1.10. The van der Waals surface area contributed by atoms with Crippen LogP contribution in [0.15, 0.2) is 12.1 Å². The van der Waals surface area contributed by atoms with E-state index in [1.54, 1.807) is 0 Å². The molecule has 0 radical (unpaired) electrons. The van der Waals surface area contributed by atoms with Crippen LogP contribution in [0.5, 0.6) is 5.75 Å². The van der Waals surface area contributed by atoms with Gasteiger partial charge in [0, 0.05) is 18.7 Å². The van der Waals surface area contributed by atoms with Crippen molar-refractivity contribution < 1.29 is 14.6 Å². The first-order valence-electron chi connectivity index (χ1n) is 8.77. The molecule has 1 aliphatic heterocycles. The monoisotopic (exact) mass is 335 g/mol. The van der Waals surface area contributed by atoms with E-state index in [2.05, 4.69) is 58.6 Å². The average Bonchev–Trinajstić information content (AvgIpc) is 2.91. The zero-order valence-electron chi connectivity index (χ0n) is 16.3. The molecule has 0 spiro atoms. The van der Waals surface area contributed by atoms with Gasteiger partial charge in [-0.15, -0.1) is 0 Å². The third-order valence-corrected chi connectivity index (χ3v) is 4.45. The molecule has 1 saturated heterocycles. The van der Waals surface area contributed by atoms with E-state index in [1.807, 2.05) is 7.05 Å². The Balaban J connectivity index is 2.29. The molecule has 4 nitrogen and oxygen atoms in total. The lowest BCUT2D eigenvalue weighted by Gasteiger charge is -2.29.